The van der Waals surface area contributed by atoms with Crippen LogP contribution >= 0.6 is 24.0 Å². The van der Waals surface area contributed by atoms with Crippen LogP contribution in [0.3, 0.4) is 0 Å². The van der Waals surface area contributed by atoms with E-state index in [0.29, 0.717) is 20.5 Å². The molecule has 2 amide bonds. The van der Waals surface area contributed by atoms with Gasteiger partial charge in [0.05, 0.1) is 4.91 Å². The minimum Gasteiger partial charge on any atom is -0.483 e. The van der Waals surface area contributed by atoms with E-state index >= 15 is 0 Å². The molecule has 1 saturated heterocycles. The average molecular weight is 384 g/mol. The van der Waals surface area contributed by atoms with Gasteiger partial charge < -0.3 is 15.4 Å². The predicted molar refractivity (Wildman–Crippen MR) is 108 cm³/mol. The second-order valence-corrected chi connectivity index (χ2v) is 7.32. The van der Waals surface area contributed by atoms with E-state index in [9.17, 15) is 9.59 Å². The molecule has 26 heavy (non-hydrogen) atoms. The minimum absolute atomic E-state index is 0.133. The summed E-state index contributed by atoms with van der Waals surface area (Å²) in [6.45, 7) is 1.82. The van der Waals surface area contributed by atoms with Crippen molar-refractivity contribution >= 4 is 51.9 Å². The molecular formula is C19H16N2O3S2. The maximum absolute atomic E-state index is 12.1. The predicted octanol–water partition coefficient (Wildman–Crippen LogP) is 3.50. The van der Waals surface area contributed by atoms with Gasteiger partial charge in [-0.15, -0.1) is 0 Å². The largest absolute Gasteiger partial charge is 0.483 e. The lowest BCUT2D eigenvalue weighted by Crippen LogP contribution is -2.20. The lowest BCUT2D eigenvalue weighted by molar-refractivity contribution is -0.118. The summed E-state index contributed by atoms with van der Waals surface area (Å²) in [5.74, 6) is 0.0322. The first-order valence-corrected chi connectivity index (χ1v) is 9.07. The van der Waals surface area contributed by atoms with Crippen LogP contribution in [-0.4, -0.2) is 22.7 Å². The number of rotatable bonds is 5. The van der Waals surface area contributed by atoms with Gasteiger partial charge in [0, 0.05) is 11.3 Å². The Morgan fingerprint density at radius 2 is 2.08 bits per heavy atom. The van der Waals surface area contributed by atoms with Gasteiger partial charge in [-0.25, -0.2) is 0 Å². The number of nitrogens with one attached hydrogen (secondary N) is 2. The van der Waals surface area contributed by atoms with Crippen LogP contribution in [0.4, 0.5) is 5.69 Å². The third-order valence-electron chi connectivity index (χ3n) is 3.51. The molecule has 3 rings (SSSR count). The molecule has 132 valence electrons. The van der Waals surface area contributed by atoms with Crippen molar-refractivity contribution in [3.05, 3.63) is 64.6 Å². The highest BCUT2D eigenvalue weighted by Crippen LogP contribution is 2.29. The molecule has 1 heterocycles. The van der Waals surface area contributed by atoms with Crippen molar-refractivity contribution in [2.24, 2.45) is 0 Å². The van der Waals surface area contributed by atoms with Crippen LogP contribution in [0.25, 0.3) is 6.08 Å². The summed E-state index contributed by atoms with van der Waals surface area (Å²) in [6, 6.07) is 14.8. The number of benzene rings is 2. The van der Waals surface area contributed by atoms with Crippen LogP contribution in [0.15, 0.2) is 53.4 Å². The summed E-state index contributed by atoms with van der Waals surface area (Å²) in [6.07, 6.45) is 1.70. The second-order valence-electron chi connectivity index (χ2n) is 5.60. The number of hydrogen-bond donors (Lipinski definition) is 2. The van der Waals surface area contributed by atoms with E-state index in [-0.39, 0.29) is 18.4 Å². The molecule has 5 nitrogen and oxygen atoms in total. The van der Waals surface area contributed by atoms with Gasteiger partial charge in [-0.05, 0) is 36.8 Å². The first-order valence-electron chi connectivity index (χ1n) is 7.84. The van der Waals surface area contributed by atoms with E-state index in [1.807, 2.05) is 49.4 Å². The van der Waals surface area contributed by atoms with Crippen molar-refractivity contribution in [2.75, 3.05) is 11.9 Å². The molecule has 1 aliphatic heterocycles. The number of ether oxygens (including phenoxy) is 1. The van der Waals surface area contributed by atoms with Crippen LogP contribution in [0.5, 0.6) is 5.75 Å². The molecule has 0 spiro atoms. The zero-order chi connectivity index (χ0) is 18.5. The first-order chi connectivity index (χ1) is 12.5. The van der Waals surface area contributed by atoms with E-state index < -0.39 is 0 Å². The number of thioether (sulfide) groups is 1. The third-order valence-corrected chi connectivity index (χ3v) is 4.67. The Kier molecular flexibility index (Phi) is 5.70. The normalized spacial score (nSPS) is 15.0. The Labute approximate surface area is 160 Å². The molecule has 0 unspecified atom stereocenters. The number of carbonyl (C=O) groups is 2. The zero-order valence-corrected chi connectivity index (χ0v) is 15.6. The fourth-order valence-electron chi connectivity index (χ4n) is 2.36. The van der Waals surface area contributed by atoms with Gasteiger partial charge in [0.15, 0.2) is 6.61 Å². The summed E-state index contributed by atoms with van der Waals surface area (Å²) >= 11 is 6.19. The van der Waals surface area contributed by atoms with E-state index in [1.165, 1.54) is 11.8 Å². The highest BCUT2D eigenvalue weighted by molar-refractivity contribution is 8.26. The molecule has 1 fully saturated rings. The van der Waals surface area contributed by atoms with Gasteiger partial charge in [-0.3, -0.25) is 9.59 Å². The topological polar surface area (TPSA) is 67.4 Å². The highest BCUT2D eigenvalue weighted by atomic mass is 32.2. The molecular weight excluding hydrogens is 368 g/mol. The second kappa shape index (κ2) is 8.16. The SMILES string of the molecule is Cc1cccc(NC(=O)COc2ccccc2/C=C2\SC(=S)NC2=O)c1. The number of carbonyl (C=O) groups excluding carboxylic acids is 2. The van der Waals surface area contributed by atoms with Crippen LogP contribution in [0.2, 0.25) is 0 Å². The maximum atomic E-state index is 12.1. The Hall–Kier alpha value is -2.64. The zero-order valence-electron chi connectivity index (χ0n) is 13.9. The summed E-state index contributed by atoms with van der Waals surface area (Å²) in [4.78, 5) is 24.4. The van der Waals surface area contributed by atoms with Crippen LogP contribution in [0, 0.1) is 6.92 Å². The molecule has 0 saturated carbocycles. The van der Waals surface area contributed by atoms with Gasteiger partial charge in [-0.1, -0.05) is 54.3 Å². The molecule has 0 aromatic heterocycles. The van der Waals surface area contributed by atoms with Crippen molar-refractivity contribution in [2.45, 2.75) is 6.92 Å². The number of para-hydroxylation sites is 1. The fourth-order valence-corrected chi connectivity index (χ4v) is 3.39. The van der Waals surface area contributed by atoms with Crippen LogP contribution < -0.4 is 15.4 Å². The van der Waals surface area contributed by atoms with E-state index in [1.54, 1.807) is 12.1 Å². The van der Waals surface area contributed by atoms with Crippen molar-refractivity contribution in [3.8, 4) is 5.75 Å². The Balaban J connectivity index is 1.67. The molecule has 0 bridgehead atoms. The van der Waals surface area contributed by atoms with Crippen molar-refractivity contribution in [3.63, 3.8) is 0 Å². The number of anilines is 1. The molecule has 0 aliphatic carbocycles. The Morgan fingerprint density at radius 1 is 1.27 bits per heavy atom. The van der Waals surface area contributed by atoms with Crippen LogP contribution in [0.1, 0.15) is 11.1 Å². The summed E-state index contributed by atoms with van der Waals surface area (Å²) in [5, 5.41) is 5.36. The van der Waals surface area contributed by atoms with E-state index in [0.717, 1.165) is 11.3 Å². The number of amides is 2. The number of thiocarbonyl (C=S) groups is 1. The first kappa shape index (κ1) is 18.2. The van der Waals surface area contributed by atoms with Crippen molar-refractivity contribution in [1.29, 1.82) is 0 Å². The average Bonchev–Trinajstić information content (AvgIpc) is 2.91. The van der Waals surface area contributed by atoms with Crippen LogP contribution in [-0.2, 0) is 9.59 Å². The Morgan fingerprint density at radius 3 is 2.81 bits per heavy atom. The smallest absolute Gasteiger partial charge is 0.263 e. The van der Waals surface area contributed by atoms with Gasteiger partial charge in [0.25, 0.3) is 11.8 Å². The van der Waals surface area contributed by atoms with Gasteiger partial charge in [-0.2, -0.15) is 0 Å². The van der Waals surface area contributed by atoms with Gasteiger partial charge in [0.2, 0.25) is 0 Å². The third kappa shape index (κ3) is 4.71. The summed E-state index contributed by atoms with van der Waals surface area (Å²) < 4.78 is 6.07. The maximum Gasteiger partial charge on any atom is 0.263 e. The minimum atomic E-state index is -0.257. The quantitative estimate of drug-likeness (QED) is 0.610. The molecule has 7 heteroatoms. The van der Waals surface area contributed by atoms with Crippen molar-refractivity contribution in [1.82, 2.24) is 5.32 Å². The molecule has 0 atom stereocenters. The lowest BCUT2D eigenvalue weighted by atomic mass is 10.2. The van der Waals surface area contributed by atoms with Gasteiger partial charge in [0.1, 0.15) is 10.1 Å². The number of aryl methyl sites for hydroxylation is 1. The molecule has 0 radical (unpaired) electrons. The monoisotopic (exact) mass is 384 g/mol. The molecule has 1 aliphatic rings. The van der Waals surface area contributed by atoms with E-state index in [2.05, 4.69) is 10.6 Å². The van der Waals surface area contributed by atoms with E-state index in [4.69, 9.17) is 17.0 Å². The molecule has 2 aromatic rings. The van der Waals surface area contributed by atoms with Crippen molar-refractivity contribution < 1.29 is 14.3 Å². The molecule has 2 N–H and O–H groups in total. The summed E-state index contributed by atoms with van der Waals surface area (Å²) in [7, 11) is 0. The molecule has 2 aromatic carbocycles. The summed E-state index contributed by atoms with van der Waals surface area (Å²) in [5.41, 5.74) is 2.49. The fraction of sp³-hybridized carbons (Fsp3) is 0.105. The standard InChI is InChI=1S/C19H16N2O3S2/c1-12-5-4-7-14(9-12)20-17(22)11-24-15-8-3-2-6-13(15)10-16-18(23)21-19(25)26-16/h2-10H,11H2,1H3,(H,20,22)(H,21,23,25)/b16-10-. The number of hydrogen-bond acceptors (Lipinski definition) is 5. The Bertz CT molecular complexity index is 909. The highest BCUT2D eigenvalue weighted by Gasteiger charge is 2.22. The van der Waals surface area contributed by atoms with Gasteiger partial charge >= 0.3 is 0 Å². The lowest BCUT2D eigenvalue weighted by Gasteiger charge is -2.10.